The molecule has 0 atom stereocenters. The number of rotatable bonds is 6. The highest BCUT2D eigenvalue weighted by molar-refractivity contribution is 7.13. The predicted octanol–water partition coefficient (Wildman–Crippen LogP) is 2.88. The van der Waals surface area contributed by atoms with Gasteiger partial charge in [0.1, 0.15) is 10.6 Å². The van der Waals surface area contributed by atoms with Crippen LogP contribution in [0.5, 0.6) is 0 Å². The minimum Gasteiger partial charge on any atom is -0.477 e. The summed E-state index contributed by atoms with van der Waals surface area (Å²) < 4.78 is 0. The van der Waals surface area contributed by atoms with Gasteiger partial charge in [-0.1, -0.05) is 0 Å². The van der Waals surface area contributed by atoms with Crippen molar-refractivity contribution in [3.05, 3.63) is 55.8 Å². The van der Waals surface area contributed by atoms with Gasteiger partial charge in [0.2, 0.25) is 0 Å². The van der Waals surface area contributed by atoms with Crippen LogP contribution in [-0.4, -0.2) is 35.0 Å². The number of nitro groups is 1. The van der Waals surface area contributed by atoms with Gasteiger partial charge in [-0.05, 0) is 37.1 Å². The summed E-state index contributed by atoms with van der Waals surface area (Å²) in [4.78, 5) is 36.9. The molecule has 2 N–H and O–H groups in total. The fourth-order valence-corrected chi connectivity index (χ4v) is 3.68. The number of aromatic carboxylic acids is 1. The van der Waals surface area contributed by atoms with Crippen LogP contribution in [0, 0.1) is 10.1 Å². The van der Waals surface area contributed by atoms with Gasteiger partial charge in [-0.3, -0.25) is 14.9 Å². The number of hydrogen-bond donors (Lipinski definition) is 2. The van der Waals surface area contributed by atoms with E-state index in [1.807, 2.05) is 4.90 Å². The summed E-state index contributed by atoms with van der Waals surface area (Å²) in [5.74, 6) is -1.45. The van der Waals surface area contributed by atoms with Crippen LogP contribution in [0.1, 0.15) is 37.7 Å². The molecule has 1 amide bonds. The molecule has 26 heavy (non-hydrogen) atoms. The van der Waals surface area contributed by atoms with Crippen LogP contribution in [0.3, 0.4) is 0 Å². The lowest BCUT2D eigenvalue weighted by Gasteiger charge is -2.17. The number of nitrogens with zero attached hydrogens (tertiary/aromatic N) is 2. The monoisotopic (exact) mass is 375 g/mol. The second-order valence-electron chi connectivity index (χ2n) is 5.91. The Morgan fingerprint density at radius 3 is 2.58 bits per heavy atom. The number of nitro benzene ring substituents is 1. The highest BCUT2D eigenvalue weighted by atomic mass is 32.1. The molecule has 1 fully saturated rings. The van der Waals surface area contributed by atoms with Crippen LogP contribution in [0.4, 0.5) is 11.4 Å². The maximum absolute atomic E-state index is 12.3. The molecule has 8 nitrogen and oxygen atoms in total. The number of carboxylic acid groups (broad SMARTS) is 1. The van der Waals surface area contributed by atoms with E-state index in [0.717, 1.165) is 37.3 Å². The Labute approximate surface area is 153 Å². The second kappa shape index (κ2) is 7.52. The van der Waals surface area contributed by atoms with E-state index in [4.69, 9.17) is 5.11 Å². The van der Waals surface area contributed by atoms with Crippen molar-refractivity contribution in [3.63, 3.8) is 0 Å². The van der Waals surface area contributed by atoms with E-state index in [9.17, 15) is 19.7 Å². The molecule has 1 aliphatic heterocycles. The van der Waals surface area contributed by atoms with Crippen molar-refractivity contribution in [2.45, 2.75) is 19.4 Å². The van der Waals surface area contributed by atoms with Gasteiger partial charge in [0, 0.05) is 29.6 Å². The smallest absolute Gasteiger partial charge is 0.345 e. The van der Waals surface area contributed by atoms with Crippen LogP contribution in [0.15, 0.2) is 30.3 Å². The molecule has 1 aromatic carbocycles. The molecule has 0 bridgehead atoms. The molecule has 1 saturated heterocycles. The number of carboxylic acids is 1. The first-order chi connectivity index (χ1) is 12.5. The number of nitrogens with one attached hydrogen (secondary N) is 1. The molecule has 0 radical (unpaired) electrons. The van der Waals surface area contributed by atoms with Crippen LogP contribution >= 0.6 is 11.3 Å². The maximum atomic E-state index is 12.3. The van der Waals surface area contributed by atoms with Crippen molar-refractivity contribution in [1.29, 1.82) is 0 Å². The molecule has 0 spiro atoms. The summed E-state index contributed by atoms with van der Waals surface area (Å²) in [5, 5.41) is 23.0. The number of carbonyl (C=O) groups excluding carboxylic acids is 1. The molecule has 0 aliphatic carbocycles. The Morgan fingerprint density at radius 1 is 1.23 bits per heavy atom. The first kappa shape index (κ1) is 17.9. The Morgan fingerprint density at radius 2 is 1.96 bits per heavy atom. The van der Waals surface area contributed by atoms with Gasteiger partial charge >= 0.3 is 5.97 Å². The van der Waals surface area contributed by atoms with E-state index < -0.39 is 16.8 Å². The average Bonchev–Trinajstić information content (AvgIpc) is 3.30. The topological polar surface area (TPSA) is 113 Å². The third-order valence-corrected chi connectivity index (χ3v) is 5.25. The summed E-state index contributed by atoms with van der Waals surface area (Å²) in [6, 6.07) is 7.59. The van der Waals surface area contributed by atoms with E-state index in [1.165, 1.54) is 12.1 Å². The van der Waals surface area contributed by atoms with Crippen LogP contribution in [0.25, 0.3) is 0 Å². The number of anilines is 1. The summed E-state index contributed by atoms with van der Waals surface area (Å²) in [5.41, 5.74) is 0.659. The predicted molar refractivity (Wildman–Crippen MR) is 97.0 cm³/mol. The quantitative estimate of drug-likeness (QED) is 0.593. The van der Waals surface area contributed by atoms with Crippen LogP contribution < -0.4 is 10.2 Å². The van der Waals surface area contributed by atoms with E-state index in [-0.39, 0.29) is 22.7 Å². The summed E-state index contributed by atoms with van der Waals surface area (Å²) in [6.45, 7) is 1.71. The number of carbonyl (C=O) groups is 2. The highest BCUT2D eigenvalue weighted by Gasteiger charge is 2.23. The first-order valence-electron chi connectivity index (χ1n) is 8.09. The van der Waals surface area contributed by atoms with Crippen LogP contribution in [0.2, 0.25) is 0 Å². The van der Waals surface area contributed by atoms with Crippen molar-refractivity contribution >= 4 is 34.6 Å². The molecule has 2 aromatic rings. The number of amides is 1. The molecule has 3 rings (SSSR count). The fourth-order valence-electron chi connectivity index (χ4n) is 2.89. The maximum Gasteiger partial charge on any atom is 0.345 e. The molecule has 2 heterocycles. The van der Waals surface area contributed by atoms with Gasteiger partial charge in [-0.2, -0.15) is 0 Å². The lowest BCUT2D eigenvalue weighted by molar-refractivity contribution is -0.384. The molecule has 0 unspecified atom stereocenters. The molecule has 136 valence electrons. The van der Waals surface area contributed by atoms with Gasteiger partial charge in [0.15, 0.2) is 0 Å². The normalized spacial score (nSPS) is 13.6. The Hall–Kier alpha value is -2.94. The Bertz CT molecular complexity index is 858. The standard InChI is InChI=1S/C17H17N3O5S/c21-16(18-10-12-4-6-15(26-12)17(22)23)11-3-5-13(14(9-11)20(24)25)19-7-1-2-8-19/h3-6,9H,1-2,7-8,10H2,(H,18,21)(H,22,23). The van der Waals surface area contributed by atoms with Gasteiger partial charge in [-0.25, -0.2) is 4.79 Å². The Kier molecular flexibility index (Phi) is 5.17. The minimum absolute atomic E-state index is 0.0798. The zero-order valence-electron chi connectivity index (χ0n) is 13.8. The molecule has 9 heteroatoms. The molecular weight excluding hydrogens is 358 g/mol. The highest BCUT2D eigenvalue weighted by Crippen LogP contribution is 2.31. The van der Waals surface area contributed by atoms with Crippen LogP contribution in [-0.2, 0) is 6.54 Å². The number of hydrogen-bond acceptors (Lipinski definition) is 6. The molecule has 0 saturated carbocycles. The van der Waals surface area contributed by atoms with Crippen molar-refractivity contribution in [3.8, 4) is 0 Å². The zero-order chi connectivity index (χ0) is 18.7. The SMILES string of the molecule is O=C(NCc1ccc(C(=O)O)s1)c1ccc(N2CCCC2)c([N+](=O)[O-])c1. The summed E-state index contributed by atoms with van der Waals surface area (Å²) in [6.07, 6.45) is 2.00. The third-order valence-electron chi connectivity index (χ3n) is 4.18. The van der Waals surface area contributed by atoms with Crippen molar-refractivity contribution < 1.29 is 19.6 Å². The summed E-state index contributed by atoms with van der Waals surface area (Å²) in [7, 11) is 0. The van der Waals surface area contributed by atoms with E-state index in [2.05, 4.69) is 5.32 Å². The largest absolute Gasteiger partial charge is 0.477 e. The Balaban J connectivity index is 1.73. The van der Waals surface area contributed by atoms with E-state index in [0.29, 0.717) is 10.6 Å². The lowest BCUT2D eigenvalue weighted by Crippen LogP contribution is -2.23. The second-order valence-corrected chi connectivity index (χ2v) is 7.08. The first-order valence-corrected chi connectivity index (χ1v) is 8.91. The lowest BCUT2D eigenvalue weighted by atomic mass is 10.1. The molecular formula is C17H17N3O5S. The number of thiophene rings is 1. The van der Waals surface area contributed by atoms with Crippen molar-refractivity contribution in [1.82, 2.24) is 5.32 Å². The molecule has 1 aliphatic rings. The van der Waals surface area contributed by atoms with Gasteiger partial charge in [-0.15, -0.1) is 11.3 Å². The fraction of sp³-hybridized carbons (Fsp3) is 0.294. The van der Waals surface area contributed by atoms with Gasteiger partial charge in [0.25, 0.3) is 11.6 Å². The van der Waals surface area contributed by atoms with Crippen molar-refractivity contribution in [2.75, 3.05) is 18.0 Å². The van der Waals surface area contributed by atoms with Crippen molar-refractivity contribution in [2.24, 2.45) is 0 Å². The molecule has 1 aromatic heterocycles. The van der Waals surface area contributed by atoms with Gasteiger partial charge in [0.05, 0.1) is 11.5 Å². The summed E-state index contributed by atoms with van der Waals surface area (Å²) >= 11 is 1.08. The number of benzene rings is 1. The average molecular weight is 375 g/mol. The van der Waals surface area contributed by atoms with E-state index in [1.54, 1.807) is 18.2 Å². The third kappa shape index (κ3) is 3.83. The van der Waals surface area contributed by atoms with E-state index >= 15 is 0 Å². The zero-order valence-corrected chi connectivity index (χ0v) is 14.6. The van der Waals surface area contributed by atoms with Gasteiger partial charge < -0.3 is 15.3 Å². The minimum atomic E-state index is -1.01.